The summed E-state index contributed by atoms with van der Waals surface area (Å²) < 4.78 is 23.1. The fourth-order valence-electron chi connectivity index (χ4n) is 3.02. The Bertz CT molecular complexity index is 471. The van der Waals surface area contributed by atoms with Gasteiger partial charge in [-0.15, -0.1) is 0 Å². The Kier molecular flexibility index (Phi) is 4.73. The molecule has 2 amide bonds. The molecular formula is C14H24N2O3S. The summed E-state index contributed by atoms with van der Waals surface area (Å²) in [6.45, 7) is 4.94. The number of urea groups is 1. The van der Waals surface area contributed by atoms with Crippen molar-refractivity contribution in [2.45, 2.75) is 32.7 Å². The van der Waals surface area contributed by atoms with E-state index in [-0.39, 0.29) is 23.6 Å². The third-order valence-corrected chi connectivity index (χ3v) is 6.11. The van der Waals surface area contributed by atoms with Gasteiger partial charge >= 0.3 is 6.03 Å². The number of likely N-dealkylation sites (tertiary alicyclic amines) is 1. The van der Waals surface area contributed by atoms with Crippen molar-refractivity contribution in [3.8, 4) is 0 Å². The van der Waals surface area contributed by atoms with Crippen molar-refractivity contribution in [3.63, 3.8) is 0 Å². The van der Waals surface area contributed by atoms with Gasteiger partial charge < -0.3 is 10.2 Å². The largest absolute Gasteiger partial charge is 0.335 e. The fraction of sp³-hybridized carbons (Fsp3) is 0.786. The van der Waals surface area contributed by atoms with Gasteiger partial charge in [-0.2, -0.15) is 0 Å². The molecule has 1 fully saturated rings. The normalized spacial score (nSPS) is 27.2. The summed E-state index contributed by atoms with van der Waals surface area (Å²) >= 11 is 0. The number of nitrogens with zero attached hydrogens (tertiary/aromatic N) is 1. The fourth-order valence-corrected chi connectivity index (χ4v) is 4.10. The molecule has 2 rings (SSSR count). The van der Waals surface area contributed by atoms with Crippen molar-refractivity contribution >= 4 is 15.9 Å². The second-order valence-electron chi connectivity index (χ2n) is 5.92. The van der Waals surface area contributed by atoms with E-state index in [2.05, 4.69) is 17.5 Å². The van der Waals surface area contributed by atoms with Gasteiger partial charge in [-0.25, -0.2) is 13.2 Å². The lowest BCUT2D eigenvalue weighted by Gasteiger charge is -2.20. The zero-order chi connectivity index (χ0) is 14.8. The van der Waals surface area contributed by atoms with E-state index in [1.54, 1.807) is 13.8 Å². The summed E-state index contributed by atoms with van der Waals surface area (Å²) in [6, 6.07) is -0.466. The topological polar surface area (TPSA) is 66.5 Å². The predicted octanol–water partition coefficient (Wildman–Crippen LogP) is 1.42. The minimum atomic E-state index is -3.05. The average molecular weight is 300 g/mol. The number of hydrogen-bond acceptors (Lipinski definition) is 3. The van der Waals surface area contributed by atoms with E-state index in [4.69, 9.17) is 0 Å². The number of hydrogen-bond donors (Lipinski definition) is 1. The second-order valence-corrected chi connectivity index (χ2v) is 8.32. The highest BCUT2D eigenvalue weighted by Crippen LogP contribution is 2.32. The molecule has 0 bridgehead atoms. The van der Waals surface area contributed by atoms with E-state index < -0.39 is 9.84 Å². The number of rotatable bonds is 4. The maximum atomic E-state index is 12.2. The summed E-state index contributed by atoms with van der Waals surface area (Å²) in [5, 5.41) is 2.81. The Hall–Kier alpha value is -1.04. The molecule has 1 N–H and O–H groups in total. The summed E-state index contributed by atoms with van der Waals surface area (Å²) in [7, 11) is -3.05. The number of amides is 2. The van der Waals surface area contributed by atoms with Crippen LogP contribution in [0.2, 0.25) is 0 Å². The van der Waals surface area contributed by atoms with E-state index in [1.807, 2.05) is 4.90 Å². The van der Waals surface area contributed by atoms with Crippen LogP contribution in [0, 0.1) is 11.8 Å². The van der Waals surface area contributed by atoms with Gasteiger partial charge in [0.1, 0.15) is 0 Å². The van der Waals surface area contributed by atoms with Crippen LogP contribution < -0.4 is 5.32 Å². The highest BCUT2D eigenvalue weighted by Gasteiger charge is 2.35. The van der Waals surface area contributed by atoms with Crippen LogP contribution in [0.25, 0.3) is 0 Å². The Morgan fingerprint density at radius 1 is 1.30 bits per heavy atom. The molecule has 0 spiro atoms. The number of carbonyl (C=O) groups excluding carboxylic acids is 1. The van der Waals surface area contributed by atoms with Crippen LogP contribution in [0.15, 0.2) is 12.2 Å². The lowest BCUT2D eigenvalue weighted by Crippen LogP contribution is -2.45. The third kappa shape index (κ3) is 3.75. The van der Waals surface area contributed by atoms with Crippen molar-refractivity contribution in [1.82, 2.24) is 10.2 Å². The first-order chi connectivity index (χ1) is 9.41. The molecule has 1 saturated heterocycles. The minimum Gasteiger partial charge on any atom is -0.335 e. The van der Waals surface area contributed by atoms with Crippen LogP contribution in [0.4, 0.5) is 4.79 Å². The Labute approximate surface area is 121 Å². The summed E-state index contributed by atoms with van der Waals surface area (Å²) in [4.78, 5) is 14.0. The highest BCUT2D eigenvalue weighted by molar-refractivity contribution is 7.91. The maximum absolute atomic E-state index is 12.2. The third-order valence-electron chi connectivity index (χ3n) is 4.22. The summed E-state index contributed by atoms with van der Waals surface area (Å²) in [5.41, 5.74) is 0. The van der Waals surface area contributed by atoms with Crippen LogP contribution in [0.1, 0.15) is 26.7 Å². The van der Waals surface area contributed by atoms with Crippen molar-refractivity contribution in [2.24, 2.45) is 11.8 Å². The molecule has 0 radical (unpaired) electrons. The molecule has 3 atom stereocenters. The molecule has 0 aromatic heterocycles. The van der Waals surface area contributed by atoms with Crippen molar-refractivity contribution < 1.29 is 13.2 Å². The van der Waals surface area contributed by atoms with Gasteiger partial charge in [0.2, 0.25) is 0 Å². The van der Waals surface area contributed by atoms with Crippen LogP contribution in [-0.2, 0) is 9.84 Å². The van der Waals surface area contributed by atoms with Crippen LogP contribution >= 0.6 is 0 Å². The quantitative estimate of drug-likeness (QED) is 0.798. The number of nitrogens with one attached hydrogen (secondary N) is 1. The molecular weight excluding hydrogens is 276 g/mol. The number of fused-ring (bicyclic) bond motifs is 1. The molecule has 1 aliphatic carbocycles. The molecule has 0 aromatic carbocycles. The van der Waals surface area contributed by atoms with Crippen molar-refractivity contribution in [1.29, 1.82) is 0 Å². The first kappa shape index (κ1) is 15.4. The number of sulfone groups is 1. The number of allylic oxidation sites excluding steroid dienone is 2. The molecule has 1 heterocycles. The first-order valence-corrected chi connectivity index (χ1v) is 9.14. The van der Waals surface area contributed by atoms with Gasteiger partial charge in [0, 0.05) is 24.9 Å². The monoisotopic (exact) mass is 300 g/mol. The highest BCUT2D eigenvalue weighted by atomic mass is 32.2. The van der Waals surface area contributed by atoms with Gasteiger partial charge in [0.25, 0.3) is 0 Å². The standard InChI is InChI=1S/C14H24N2O3S/c1-3-20(18,19)10-11(2)15-14(17)16-8-12-6-4-5-7-13(12)9-16/h4-5,11-13H,3,6-10H2,1-2H3,(H,15,17)/t11-,12-,13+/m1/s1. The van der Waals surface area contributed by atoms with Gasteiger partial charge in [-0.1, -0.05) is 19.1 Å². The molecule has 6 heteroatoms. The van der Waals surface area contributed by atoms with E-state index in [1.165, 1.54) is 0 Å². The summed E-state index contributed by atoms with van der Waals surface area (Å²) in [5.74, 6) is 1.27. The van der Waals surface area contributed by atoms with Crippen LogP contribution in [0.3, 0.4) is 0 Å². The Morgan fingerprint density at radius 2 is 1.85 bits per heavy atom. The maximum Gasteiger partial charge on any atom is 0.317 e. The first-order valence-electron chi connectivity index (χ1n) is 7.32. The Balaban J connectivity index is 1.84. The lowest BCUT2D eigenvalue weighted by atomic mass is 9.86. The molecule has 0 unspecified atom stereocenters. The van der Waals surface area contributed by atoms with Gasteiger partial charge in [0.05, 0.1) is 5.75 Å². The molecule has 20 heavy (non-hydrogen) atoms. The van der Waals surface area contributed by atoms with Crippen molar-refractivity contribution in [2.75, 3.05) is 24.6 Å². The molecule has 0 aromatic rings. The van der Waals surface area contributed by atoms with Crippen LogP contribution in [-0.4, -0.2) is 50.0 Å². The van der Waals surface area contributed by atoms with E-state index in [9.17, 15) is 13.2 Å². The lowest BCUT2D eigenvalue weighted by molar-refractivity contribution is 0.204. The van der Waals surface area contributed by atoms with Crippen LogP contribution in [0.5, 0.6) is 0 Å². The van der Waals surface area contributed by atoms with E-state index >= 15 is 0 Å². The molecule has 1 aliphatic heterocycles. The molecule has 5 nitrogen and oxygen atoms in total. The number of carbonyl (C=O) groups is 1. The molecule has 0 saturated carbocycles. The smallest absolute Gasteiger partial charge is 0.317 e. The molecule has 2 aliphatic rings. The zero-order valence-corrected chi connectivity index (χ0v) is 13.0. The second kappa shape index (κ2) is 6.16. The minimum absolute atomic E-state index is 0.0114. The van der Waals surface area contributed by atoms with E-state index in [0.29, 0.717) is 11.8 Å². The van der Waals surface area contributed by atoms with Gasteiger partial charge in [0.15, 0.2) is 9.84 Å². The Morgan fingerprint density at radius 3 is 2.35 bits per heavy atom. The van der Waals surface area contributed by atoms with E-state index in [0.717, 1.165) is 25.9 Å². The summed E-state index contributed by atoms with van der Waals surface area (Å²) in [6.07, 6.45) is 6.49. The van der Waals surface area contributed by atoms with Gasteiger partial charge in [-0.3, -0.25) is 0 Å². The SMILES string of the molecule is CCS(=O)(=O)C[C@@H](C)NC(=O)N1C[C@H]2CC=CC[C@H]2C1. The molecule has 114 valence electrons. The average Bonchev–Trinajstić information content (AvgIpc) is 2.81. The van der Waals surface area contributed by atoms with Crippen molar-refractivity contribution in [3.05, 3.63) is 12.2 Å². The zero-order valence-electron chi connectivity index (χ0n) is 12.2. The predicted molar refractivity (Wildman–Crippen MR) is 79.2 cm³/mol. The van der Waals surface area contributed by atoms with Gasteiger partial charge in [-0.05, 0) is 31.6 Å².